The van der Waals surface area contributed by atoms with Gasteiger partial charge in [-0.15, -0.1) is 0 Å². The summed E-state index contributed by atoms with van der Waals surface area (Å²) in [5.74, 6) is 1.71. The van der Waals surface area contributed by atoms with Crippen molar-refractivity contribution in [2.75, 3.05) is 13.8 Å². The van der Waals surface area contributed by atoms with E-state index in [0.29, 0.717) is 13.0 Å². The van der Waals surface area contributed by atoms with Crippen LogP contribution in [0.1, 0.15) is 29.3 Å². The molecular weight excluding hydrogens is 320 g/mol. The van der Waals surface area contributed by atoms with Crippen molar-refractivity contribution < 1.29 is 14.3 Å². The van der Waals surface area contributed by atoms with Gasteiger partial charge in [-0.1, -0.05) is 12.1 Å². The number of para-hydroxylation sites is 1. The number of fused-ring (bicyclic) bond motifs is 1. The van der Waals surface area contributed by atoms with Crippen LogP contribution in [0.4, 0.5) is 0 Å². The number of nitrogens with one attached hydrogen (secondary N) is 1. The summed E-state index contributed by atoms with van der Waals surface area (Å²) in [6, 6.07) is 5.89. The fraction of sp³-hybridized carbons (Fsp3) is 0.444. The van der Waals surface area contributed by atoms with Crippen molar-refractivity contribution in [1.82, 2.24) is 20.0 Å². The molecule has 132 valence electrons. The molecule has 3 heterocycles. The molecule has 7 nitrogen and oxygen atoms in total. The molecule has 7 heteroatoms. The largest absolute Gasteiger partial charge is 0.454 e. The van der Waals surface area contributed by atoms with Gasteiger partial charge in [0, 0.05) is 49.9 Å². The summed E-state index contributed by atoms with van der Waals surface area (Å²) >= 11 is 0. The summed E-state index contributed by atoms with van der Waals surface area (Å²) in [5.41, 5.74) is 3.21. The first-order valence-corrected chi connectivity index (χ1v) is 8.41. The van der Waals surface area contributed by atoms with Crippen molar-refractivity contribution in [1.29, 1.82) is 0 Å². The van der Waals surface area contributed by atoms with Gasteiger partial charge in [0.2, 0.25) is 12.7 Å². The second kappa shape index (κ2) is 6.07. The van der Waals surface area contributed by atoms with E-state index >= 15 is 0 Å². The molecule has 1 amide bonds. The molecule has 0 saturated carbocycles. The van der Waals surface area contributed by atoms with Crippen molar-refractivity contribution in [3.8, 4) is 11.5 Å². The minimum atomic E-state index is -0.0184. The highest BCUT2D eigenvalue weighted by Gasteiger charge is 2.39. The molecule has 2 aromatic rings. The summed E-state index contributed by atoms with van der Waals surface area (Å²) in [6.45, 7) is 2.91. The second-order valence-electron chi connectivity index (χ2n) is 6.60. The van der Waals surface area contributed by atoms with E-state index in [1.54, 1.807) is 0 Å². The average Bonchev–Trinajstić information content (AvgIpc) is 3.27. The molecule has 0 radical (unpaired) electrons. The van der Waals surface area contributed by atoms with Crippen LogP contribution in [-0.4, -0.2) is 40.5 Å². The highest BCUT2D eigenvalue weighted by molar-refractivity contribution is 5.80. The van der Waals surface area contributed by atoms with E-state index in [9.17, 15) is 4.79 Å². The fourth-order valence-electron chi connectivity index (χ4n) is 3.65. The average molecular weight is 342 g/mol. The van der Waals surface area contributed by atoms with Crippen LogP contribution in [0.3, 0.4) is 0 Å². The van der Waals surface area contributed by atoms with Crippen molar-refractivity contribution in [2.24, 2.45) is 7.05 Å². The standard InChI is InChI=1S/C18H22N4O3/c1-11-13(9-20-22(11)3)17-14(7-16(23)21(17)2)19-8-12-5-4-6-15-18(12)25-10-24-15/h4-6,9,14,17,19H,7-8,10H2,1-3H3/t14-,17+/m1/s1. The van der Waals surface area contributed by atoms with Crippen molar-refractivity contribution in [2.45, 2.75) is 32.0 Å². The molecule has 2 atom stereocenters. The maximum absolute atomic E-state index is 12.3. The Morgan fingerprint density at radius 2 is 2.16 bits per heavy atom. The van der Waals surface area contributed by atoms with Crippen LogP contribution < -0.4 is 14.8 Å². The fourth-order valence-corrected chi connectivity index (χ4v) is 3.65. The molecule has 1 aromatic carbocycles. The number of hydrogen-bond donors (Lipinski definition) is 1. The number of carbonyl (C=O) groups excluding carboxylic acids is 1. The van der Waals surface area contributed by atoms with Crippen LogP contribution in [0, 0.1) is 6.92 Å². The van der Waals surface area contributed by atoms with Gasteiger partial charge in [-0.05, 0) is 13.0 Å². The Labute approximate surface area is 146 Å². The SMILES string of the molecule is Cc1c([C@H]2[C@H](NCc3cccc4c3OCO4)CC(=O)N2C)cnn1C. The third kappa shape index (κ3) is 2.64. The highest BCUT2D eigenvalue weighted by Crippen LogP contribution is 2.37. The molecule has 0 bridgehead atoms. The van der Waals surface area contributed by atoms with E-state index in [4.69, 9.17) is 9.47 Å². The van der Waals surface area contributed by atoms with Gasteiger partial charge < -0.3 is 19.7 Å². The summed E-state index contributed by atoms with van der Waals surface area (Å²) < 4.78 is 12.8. The number of benzene rings is 1. The number of aromatic nitrogens is 2. The molecular formula is C18H22N4O3. The molecule has 1 aromatic heterocycles. The van der Waals surface area contributed by atoms with Gasteiger partial charge in [0.15, 0.2) is 11.5 Å². The normalized spacial score (nSPS) is 22.0. The van der Waals surface area contributed by atoms with E-state index in [2.05, 4.69) is 10.4 Å². The summed E-state index contributed by atoms with van der Waals surface area (Å²) in [4.78, 5) is 14.1. The van der Waals surface area contributed by atoms with Crippen LogP contribution >= 0.6 is 0 Å². The molecule has 2 aliphatic heterocycles. The number of likely N-dealkylation sites (N-methyl/N-ethyl adjacent to an activating group) is 1. The van der Waals surface area contributed by atoms with Crippen LogP contribution in [0.15, 0.2) is 24.4 Å². The van der Waals surface area contributed by atoms with E-state index in [1.165, 1.54) is 0 Å². The third-order valence-corrected chi connectivity index (χ3v) is 5.21. The Bertz CT molecular complexity index is 817. The summed E-state index contributed by atoms with van der Waals surface area (Å²) in [5, 5.41) is 7.87. The Kier molecular flexibility index (Phi) is 3.88. The minimum absolute atomic E-state index is 0.0184. The number of carbonyl (C=O) groups is 1. The molecule has 25 heavy (non-hydrogen) atoms. The van der Waals surface area contributed by atoms with Crippen molar-refractivity contribution in [3.63, 3.8) is 0 Å². The first-order valence-electron chi connectivity index (χ1n) is 8.41. The first kappa shape index (κ1) is 16.0. The van der Waals surface area contributed by atoms with Crippen LogP contribution in [-0.2, 0) is 18.4 Å². The number of aryl methyl sites for hydroxylation is 1. The number of likely N-dealkylation sites (tertiary alicyclic amines) is 1. The van der Waals surface area contributed by atoms with Crippen LogP contribution in [0.25, 0.3) is 0 Å². The molecule has 0 spiro atoms. The lowest BCUT2D eigenvalue weighted by molar-refractivity contribution is -0.127. The Hall–Kier alpha value is -2.54. The van der Waals surface area contributed by atoms with E-state index in [0.717, 1.165) is 28.3 Å². The zero-order valence-electron chi connectivity index (χ0n) is 14.7. The minimum Gasteiger partial charge on any atom is -0.454 e. The van der Waals surface area contributed by atoms with Gasteiger partial charge in [0.05, 0.1) is 12.2 Å². The van der Waals surface area contributed by atoms with Crippen LogP contribution in [0.2, 0.25) is 0 Å². The van der Waals surface area contributed by atoms with E-state index in [-0.39, 0.29) is 24.8 Å². The summed E-state index contributed by atoms with van der Waals surface area (Å²) in [7, 11) is 3.78. The van der Waals surface area contributed by atoms with Gasteiger partial charge >= 0.3 is 0 Å². The maximum Gasteiger partial charge on any atom is 0.231 e. The Balaban J connectivity index is 1.56. The molecule has 1 saturated heterocycles. The quantitative estimate of drug-likeness (QED) is 0.912. The van der Waals surface area contributed by atoms with Crippen LogP contribution in [0.5, 0.6) is 11.5 Å². The molecule has 1 fully saturated rings. The summed E-state index contributed by atoms with van der Waals surface area (Å²) in [6.07, 6.45) is 2.34. The van der Waals surface area contributed by atoms with Gasteiger partial charge in [-0.2, -0.15) is 5.10 Å². The monoisotopic (exact) mass is 342 g/mol. The zero-order chi connectivity index (χ0) is 17.6. The Morgan fingerprint density at radius 1 is 1.32 bits per heavy atom. The highest BCUT2D eigenvalue weighted by atomic mass is 16.7. The smallest absolute Gasteiger partial charge is 0.231 e. The Morgan fingerprint density at radius 3 is 2.92 bits per heavy atom. The van der Waals surface area contributed by atoms with Crippen molar-refractivity contribution in [3.05, 3.63) is 41.2 Å². The third-order valence-electron chi connectivity index (χ3n) is 5.21. The molecule has 0 aliphatic carbocycles. The molecule has 0 unspecified atom stereocenters. The van der Waals surface area contributed by atoms with Gasteiger partial charge in [0.1, 0.15) is 0 Å². The molecule has 2 aliphatic rings. The predicted molar refractivity (Wildman–Crippen MR) is 91.3 cm³/mol. The number of nitrogens with zero attached hydrogens (tertiary/aromatic N) is 3. The topological polar surface area (TPSA) is 68.6 Å². The number of amides is 1. The predicted octanol–water partition coefficient (Wildman–Crippen LogP) is 1.52. The first-order chi connectivity index (χ1) is 12.1. The van der Waals surface area contributed by atoms with E-state index in [1.807, 2.05) is 55.0 Å². The lowest BCUT2D eigenvalue weighted by atomic mass is 10.0. The van der Waals surface area contributed by atoms with Crippen molar-refractivity contribution >= 4 is 5.91 Å². The number of hydrogen-bond acceptors (Lipinski definition) is 5. The maximum atomic E-state index is 12.3. The molecule has 1 N–H and O–H groups in total. The van der Waals surface area contributed by atoms with E-state index < -0.39 is 0 Å². The zero-order valence-corrected chi connectivity index (χ0v) is 14.7. The lowest BCUT2D eigenvalue weighted by Gasteiger charge is -2.25. The van der Waals surface area contributed by atoms with Gasteiger partial charge in [0.25, 0.3) is 0 Å². The molecule has 4 rings (SSSR count). The van der Waals surface area contributed by atoms with Gasteiger partial charge in [-0.25, -0.2) is 0 Å². The number of rotatable bonds is 4. The van der Waals surface area contributed by atoms with Gasteiger partial charge in [-0.3, -0.25) is 9.48 Å². The number of ether oxygens (including phenoxy) is 2. The second-order valence-corrected chi connectivity index (χ2v) is 6.60. The lowest BCUT2D eigenvalue weighted by Crippen LogP contribution is -2.35.